The molecule has 19 heavy (non-hydrogen) atoms. The normalized spacial score (nSPS) is 11.6. The second kappa shape index (κ2) is 7.40. The van der Waals surface area contributed by atoms with E-state index in [1.54, 1.807) is 13.0 Å². The van der Waals surface area contributed by atoms with E-state index in [1.807, 2.05) is 6.92 Å². The van der Waals surface area contributed by atoms with Crippen LogP contribution in [0, 0.1) is 0 Å². The third-order valence-corrected chi connectivity index (χ3v) is 2.39. The molecule has 0 aliphatic rings. The summed E-state index contributed by atoms with van der Waals surface area (Å²) < 4.78 is 10.1. The van der Waals surface area contributed by atoms with Gasteiger partial charge in [0.25, 0.3) is 0 Å². The van der Waals surface area contributed by atoms with Crippen molar-refractivity contribution in [2.45, 2.75) is 26.3 Å². The molecule has 0 aliphatic heterocycles. The minimum atomic E-state index is -0.441. The number of nitrogens with one attached hydrogen (secondary N) is 2. The van der Waals surface area contributed by atoms with Crippen LogP contribution in [0.25, 0.3) is 0 Å². The van der Waals surface area contributed by atoms with Gasteiger partial charge in [-0.2, -0.15) is 9.97 Å². The molecule has 0 saturated heterocycles. The van der Waals surface area contributed by atoms with Gasteiger partial charge in [-0.1, -0.05) is 6.92 Å². The van der Waals surface area contributed by atoms with E-state index in [2.05, 4.69) is 20.6 Å². The number of carbonyl (C=O) groups excluding carboxylic acids is 1. The van der Waals surface area contributed by atoms with Gasteiger partial charge in [-0.25, -0.2) is 0 Å². The number of hydrogen-bond donors (Lipinski definition) is 2. The highest BCUT2D eigenvalue weighted by Gasteiger charge is 2.14. The van der Waals surface area contributed by atoms with Crippen LogP contribution in [0.5, 0.6) is 11.8 Å². The molecule has 0 radical (unpaired) electrons. The first-order chi connectivity index (χ1) is 9.10. The van der Waals surface area contributed by atoms with Crippen LogP contribution in [0.15, 0.2) is 6.07 Å². The van der Waals surface area contributed by atoms with Gasteiger partial charge < -0.3 is 20.1 Å². The van der Waals surface area contributed by atoms with E-state index in [1.165, 1.54) is 14.2 Å². The summed E-state index contributed by atoms with van der Waals surface area (Å²) >= 11 is 0. The summed E-state index contributed by atoms with van der Waals surface area (Å²) in [5.74, 6) is 0.925. The Kier molecular flexibility index (Phi) is 5.84. The fraction of sp³-hybridized carbons (Fsp3) is 0.583. The molecule has 0 fully saturated rings. The summed E-state index contributed by atoms with van der Waals surface area (Å²) in [5.41, 5.74) is 0. The molecule has 1 rings (SSSR count). The number of amides is 1. The van der Waals surface area contributed by atoms with Gasteiger partial charge in [0.1, 0.15) is 6.04 Å². The fourth-order valence-corrected chi connectivity index (χ4v) is 1.34. The van der Waals surface area contributed by atoms with E-state index >= 15 is 0 Å². The SMILES string of the molecule is CCCNC(=O)C(C)Nc1nc(OC)cc(OC)n1. The lowest BCUT2D eigenvalue weighted by atomic mass is 10.3. The van der Waals surface area contributed by atoms with Crippen LogP contribution in [-0.4, -0.2) is 42.7 Å². The lowest BCUT2D eigenvalue weighted by molar-refractivity contribution is -0.121. The molecule has 0 bridgehead atoms. The fourth-order valence-electron chi connectivity index (χ4n) is 1.34. The number of carbonyl (C=O) groups is 1. The maximum Gasteiger partial charge on any atom is 0.242 e. The number of ether oxygens (including phenoxy) is 2. The van der Waals surface area contributed by atoms with Gasteiger partial charge in [0.05, 0.1) is 20.3 Å². The topological polar surface area (TPSA) is 85.4 Å². The first-order valence-electron chi connectivity index (χ1n) is 6.12. The largest absolute Gasteiger partial charge is 0.481 e. The van der Waals surface area contributed by atoms with Crippen LogP contribution in [-0.2, 0) is 4.79 Å². The van der Waals surface area contributed by atoms with Gasteiger partial charge in [-0.3, -0.25) is 4.79 Å². The zero-order chi connectivity index (χ0) is 14.3. The monoisotopic (exact) mass is 268 g/mol. The van der Waals surface area contributed by atoms with Crippen molar-refractivity contribution < 1.29 is 14.3 Å². The molecule has 0 aromatic carbocycles. The summed E-state index contributed by atoms with van der Waals surface area (Å²) in [4.78, 5) is 19.9. The maximum atomic E-state index is 11.7. The Morgan fingerprint density at radius 3 is 2.37 bits per heavy atom. The van der Waals surface area contributed by atoms with Crippen LogP contribution < -0.4 is 20.1 Å². The number of methoxy groups -OCH3 is 2. The summed E-state index contributed by atoms with van der Waals surface area (Å²) in [5, 5.41) is 5.70. The number of aromatic nitrogens is 2. The summed E-state index contributed by atoms with van der Waals surface area (Å²) in [6, 6.07) is 1.12. The average molecular weight is 268 g/mol. The van der Waals surface area contributed by atoms with Crippen LogP contribution >= 0.6 is 0 Å². The molecule has 1 amide bonds. The second-order valence-corrected chi connectivity index (χ2v) is 3.93. The van der Waals surface area contributed by atoms with Gasteiger partial charge in [0.15, 0.2) is 0 Å². The quantitative estimate of drug-likeness (QED) is 0.761. The van der Waals surface area contributed by atoms with Crippen molar-refractivity contribution in [2.75, 3.05) is 26.1 Å². The lowest BCUT2D eigenvalue weighted by Crippen LogP contribution is -2.38. The molecule has 1 heterocycles. The molecule has 1 atom stereocenters. The van der Waals surface area contributed by atoms with Crippen molar-refractivity contribution in [3.63, 3.8) is 0 Å². The molecule has 7 heteroatoms. The van der Waals surface area contributed by atoms with Crippen LogP contribution in [0.4, 0.5) is 5.95 Å². The molecule has 0 spiro atoms. The molecular weight excluding hydrogens is 248 g/mol. The number of rotatable bonds is 7. The van der Waals surface area contributed by atoms with Crippen molar-refractivity contribution in [3.8, 4) is 11.8 Å². The molecule has 106 valence electrons. The van der Waals surface area contributed by atoms with Crippen molar-refractivity contribution in [1.29, 1.82) is 0 Å². The molecule has 2 N–H and O–H groups in total. The molecule has 0 saturated carbocycles. The van der Waals surface area contributed by atoms with Gasteiger partial charge in [-0.15, -0.1) is 0 Å². The van der Waals surface area contributed by atoms with Crippen molar-refractivity contribution in [2.24, 2.45) is 0 Å². The zero-order valence-electron chi connectivity index (χ0n) is 11.7. The van der Waals surface area contributed by atoms with Gasteiger partial charge >= 0.3 is 0 Å². The molecule has 1 aromatic heterocycles. The number of nitrogens with zero attached hydrogens (tertiary/aromatic N) is 2. The number of anilines is 1. The Labute approximate surface area is 112 Å². The van der Waals surface area contributed by atoms with Crippen LogP contribution in [0.2, 0.25) is 0 Å². The second-order valence-electron chi connectivity index (χ2n) is 3.93. The molecule has 1 aromatic rings. The Bertz CT molecular complexity index is 403. The van der Waals surface area contributed by atoms with Gasteiger partial charge in [0.2, 0.25) is 23.6 Å². The van der Waals surface area contributed by atoms with E-state index in [0.29, 0.717) is 18.3 Å². The Morgan fingerprint density at radius 2 is 1.89 bits per heavy atom. The maximum absolute atomic E-state index is 11.7. The predicted octanol–water partition coefficient (Wildman–Crippen LogP) is 0.820. The highest BCUT2D eigenvalue weighted by molar-refractivity contribution is 5.83. The Hall–Kier alpha value is -2.05. The molecule has 7 nitrogen and oxygen atoms in total. The van der Waals surface area contributed by atoms with E-state index in [4.69, 9.17) is 9.47 Å². The highest BCUT2D eigenvalue weighted by atomic mass is 16.5. The van der Waals surface area contributed by atoms with Crippen molar-refractivity contribution >= 4 is 11.9 Å². The Balaban J connectivity index is 2.72. The van der Waals surface area contributed by atoms with E-state index < -0.39 is 6.04 Å². The Morgan fingerprint density at radius 1 is 1.32 bits per heavy atom. The minimum absolute atomic E-state index is 0.104. The van der Waals surface area contributed by atoms with Crippen LogP contribution in [0.3, 0.4) is 0 Å². The average Bonchev–Trinajstić information content (AvgIpc) is 2.43. The van der Waals surface area contributed by atoms with Crippen molar-refractivity contribution in [3.05, 3.63) is 6.07 Å². The van der Waals surface area contributed by atoms with E-state index in [-0.39, 0.29) is 11.9 Å². The van der Waals surface area contributed by atoms with Crippen LogP contribution in [0.1, 0.15) is 20.3 Å². The first kappa shape index (κ1) is 15.0. The first-order valence-corrected chi connectivity index (χ1v) is 6.12. The molecule has 0 aliphatic carbocycles. The third kappa shape index (κ3) is 4.61. The summed E-state index contributed by atoms with van der Waals surface area (Å²) in [7, 11) is 3.01. The van der Waals surface area contributed by atoms with E-state index in [0.717, 1.165) is 6.42 Å². The predicted molar refractivity (Wildman–Crippen MR) is 71.5 cm³/mol. The standard InChI is InChI=1S/C12H20N4O3/c1-5-6-13-11(17)8(2)14-12-15-9(18-3)7-10(16-12)19-4/h7-8H,5-6H2,1-4H3,(H,13,17)(H,14,15,16). The lowest BCUT2D eigenvalue weighted by Gasteiger charge is -2.14. The van der Waals surface area contributed by atoms with Crippen molar-refractivity contribution in [1.82, 2.24) is 15.3 Å². The number of hydrogen-bond acceptors (Lipinski definition) is 6. The smallest absolute Gasteiger partial charge is 0.242 e. The third-order valence-electron chi connectivity index (χ3n) is 2.39. The van der Waals surface area contributed by atoms with Gasteiger partial charge in [0, 0.05) is 6.54 Å². The minimum Gasteiger partial charge on any atom is -0.481 e. The molecular formula is C12H20N4O3. The summed E-state index contributed by atoms with van der Waals surface area (Å²) in [6.07, 6.45) is 0.891. The van der Waals surface area contributed by atoms with E-state index in [9.17, 15) is 4.79 Å². The highest BCUT2D eigenvalue weighted by Crippen LogP contribution is 2.17. The summed E-state index contributed by atoms with van der Waals surface area (Å²) in [6.45, 7) is 4.38. The van der Waals surface area contributed by atoms with Gasteiger partial charge in [-0.05, 0) is 13.3 Å². The molecule has 1 unspecified atom stereocenters. The zero-order valence-corrected chi connectivity index (χ0v) is 11.7.